The Labute approximate surface area is 136 Å². The number of hydrogen-bond donors (Lipinski definition) is 0. The van der Waals surface area contributed by atoms with E-state index < -0.39 is 0 Å². The van der Waals surface area contributed by atoms with E-state index in [1.807, 2.05) is 4.90 Å². The van der Waals surface area contributed by atoms with Gasteiger partial charge >= 0.3 is 0 Å². The Hall–Kier alpha value is -1.82. The first-order chi connectivity index (χ1) is 11.1. The number of furan rings is 1. The highest BCUT2D eigenvalue weighted by atomic mass is 16.5. The van der Waals surface area contributed by atoms with Crippen LogP contribution >= 0.6 is 0 Å². The summed E-state index contributed by atoms with van der Waals surface area (Å²) < 4.78 is 11.1. The molecule has 0 aliphatic carbocycles. The molecule has 0 unspecified atom stereocenters. The topological polar surface area (TPSA) is 63.0 Å². The number of rotatable bonds is 5. The van der Waals surface area contributed by atoms with Gasteiger partial charge in [0.2, 0.25) is 5.91 Å². The molecule has 0 aromatic carbocycles. The van der Waals surface area contributed by atoms with E-state index in [-0.39, 0.29) is 30.2 Å². The molecule has 0 saturated carbocycles. The quantitative estimate of drug-likeness (QED) is 0.830. The third kappa shape index (κ3) is 3.93. The van der Waals surface area contributed by atoms with Gasteiger partial charge < -0.3 is 19.0 Å². The maximum Gasteiger partial charge on any atom is 0.290 e. The van der Waals surface area contributed by atoms with Gasteiger partial charge in [0.1, 0.15) is 12.3 Å². The monoisotopic (exact) mass is 320 g/mol. The minimum atomic E-state index is -0.235. The van der Waals surface area contributed by atoms with Crippen LogP contribution in [0, 0.1) is 6.92 Å². The molecule has 1 aromatic heterocycles. The lowest BCUT2D eigenvalue weighted by Gasteiger charge is -2.26. The van der Waals surface area contributed by atoms with Crippen molar-refractivity contribution in [3.63, 3.8) is 0 Å². The van der Waals surface area contributed by atoms with E-state index >= 15 is 0 Å². The van der Waals surface area contributed by atoms with Gasteiger partial charge in [-0.1, -0.05) is 0 Å². The van der Waals surface area contributed by atoms with Gasteiger partial charge in [-0.15, -0.1) is 0 Å². The van der Waals surface area contributed by atoms with Gasteiger partial charge in [-0.05, 0) is 44.7 Å². The zero-order chi connectivity index (χ0) is 16.2. The molecule has 3 rings (SSSR count). The number of aryl methyl sites for hydroxylation is 1. The minimum Gasteiger partial charge on any atom is -0.456 e. The average molecular weight is 320 g/mol. The summed E-state index contributed by atoms with van der Waals surface area (Å²) in [6, 6.07) is 3.43. The molecule has 2 amide bonds. The van der Waals surface area contributed by atoms with Crippen LogP contribution in [-0.4, -0.2) is 60.5 Å². The van der Waals surface area contributed by atoms with Crippen molar-refractivity contribution < 1.29 is 18.7 Å². The van der Waals surface area contributed by atoms with E-state index in [0.717, 1.165) is 45.4 Å². The van der Waals surface area contributed by atoms with Crippen LogP contribution in [0.2, 0.25) is 0 Å². The second kappa shape index (κ2) is 7.17. The molecule has 23 heavy (non-hydrogen) atoms. The Morgan fingerprint density at radius 1 is 1.26 bits per heavy atom. The van der Waals surface area contributed by atoms with Crippen LogP contribution in [0.15, 0.2) is 16.5 Å². The number of carbonyl (C=O) groups excluding carboxylic acids is 2. The van der Waals surface area contributed by atoms with Crippen LogP contribution in [0.1, 0.15) is 42.0 Å². The molecule has 2 aliphatic heterocycles. The summed E-state index contributed by atoms with van der Waals surface area (Å²) in [7, 11) is 0. The van der Waals surface area contributed by atoms with Crippen molar-refractivity contribution in [3.8, 4) is 0 Å². The largest absolute Gasteiger partial charge is 0.456 e. The van der Waals surface area contributed by atoms with Crippen molar-refractivity contribution in [2.75, 3.05) is 32.8 Å². The molecule has 0 N–H and O–H groups in total. The van der Waals surface area contributed by atoms with Crippen molar-refractivity contribution in [1.82, 2.24) is 9.80 Å². The van der Waals surface area contributed by atoms with E-state index in [1.54, 1.807) is 24.0 Å². The van der Waals surface area contributed by atoms with Crippen molar-refractivity contribution >= 4 is 11.8 Å². The fourth-order valence-corrected chi connectivity index (χ4v) is 3.19. The molecular formula is C17H24N2O4. The van der Waals surface area contributed by atoms with Crippen LogP contribution < -0.4 is 0 Å². The number of ether oxygens (including phenoxy) is 1. The second-order valence-electron chi connectivity index (χ2n) is 6.32. The van der Waals surface area contributed by atoms with Gasteiger partial charge in [-0.2, -0.15) is 0 Å². The van der Waals surface area contributed by atoms with Gasteiger partial charge in [0.15, 0.2) is 5.76 Å². The molecule has 6 heteroatoms. The van der Waals surface area contributed by atoms with E-state index in [9.17, 15) is 9.59 Å². The lowest BCUT2D eigenvalue weighted by Crippen LogP contribution is -2.44. The van der Waals surface area contributed by atoms with Crippen molar-refractivity contribution in [2.45, 2.75) is 38.7 Å². The van der Waals surface area contributed by atoms with Gasteiger partial charge in [0.25, 0.3) is 5.91 Å². The zero-order valence-electron chi connectivity index (χ0n) is 13.6. The summed E-state index contributed by atoms with van der Waals surface area (Å²) in [6.07, 6.45) is 4.04. The SMILES string of the molecule is Cc1ccc(C(=O)N(CC(=O)N2CCCC2)C[C@H]2CCCO2)o1. The fraction of sp³-hybridized carbons (Fsp3) is 0.647. The maximum atomic E-state index is 12.7. The Kier molecular flexibility index (Phi) is 5.00. The normalized spacial score (nSPS) is 20.9. The summed E-state index contributed by atoms with van der Waals surface area (Å²) in [5, 5.41) is 0. The molecule has 2 aliphatic rings. The number of nitrogens with zero attached hydrogens (tertiary/aromatic N) is 2. The Bertz CT molecular complexity index is 557. The third-order valence-corrected chi connectivity index (χ3v) is 4.47. The summed E-state index contributed by atoms with van der Waals surface area (Å²) in [4.78, 5) is 28.5. The molecule has 126 valence electrons. The molecule has 3 heterocycles. The number of hydrogen-bond acceptors (Lipinski definition) is 4. The highest BCUT2D eigenvalue weighted by Gasteiger charge is 2.28. The molecule has 1 aromatic rings. The predicted molar refractivity (Wildman–Crippen MR) is 84.1 cm³/mol. The lowest BCUT2D eigenvalue weighted by atomic mass is 10.2. The van der Waals surface area contributed by atoms with Crippen LogP contribution in [0.25, 0.3) is 0 Å². The lowest BCUT2D eigenvalue weighted by molar-refractivity contribution is -0.131. The Morgan fingerprint density at radius 3 is 2.65 bits per heavy atom. The van der Waals surface area contributed by atoms with Gasteiger partial charge in [0.05, 0.1) is 6.10 Å². The van der Waals surface area contributed by atoms with E-state index in [1.165, 1.54) is 0 Å². The highest BCUT2D eigenvalue weighted by Crippen LogP contribution is 2.17. The van der Waals surface area contributed by atoms with Crippen molar-refractivity contribution in [1.29, 1.82) is 0 Å². The molecule has 2 fully saturated rings. The first kappa shape index (κ1) is 16.1. The van der Waals surface area contributed by atoms with Crippen LogP contribution in [-0.2, 0) is 9.53 Å². The molecule has 0 bridgehead atoms. The molecule has 2 saturated heterocycles. The summed E-state index contributed by atoms with van der Waals surface area (Å²) in [5.41, 5.74) is 0. The molecule has 0 spiro atoms. The smallest absolute Gasteiger partial charge is 0.290 e. The van der Waals surface area contributed by atoms with Gasteiger partial charge in [0, 0.05) is 26.2 Å². The summed E-state index contributed by atoms with van der Waals surface area (Å²) in [5.74, 6) is 0.754. The number of likely N-dealkylation sites (tertiary alicyclic amines) is 1. The summed E-state index contributed by atoms with van der Waals surface area (Å²) in [6.45, 7) is 4.65. The second-order valence-corrected chi connectivity index (χ2v) is 6.32. The minimum absolute atomic E-state index is 0.0112. The van der Waals surface area contributed by atoms with Crippen molar-refractivity contribution in [2.24, 2.45) is 0 Å². The Morgan fingerprint density at radius 2 is 2.04 bits per heavy atom. The third-order valence-electron chi connectivity index (χ3n) is 4.47. The van der Waals surface area contributed by atoms with Gasteiger partial charge in [-0.25, -0.2) is 0 Å². The van der Waals surface area contributed by atoms with Gasteiger partial charge in [-0.3, -0.25) is 9.59 Å². The van der Waals surface area contributed by atoms with E-state index in [4.69, 9.17) is 9.15 Å². The predicted octanol–water partition coefficient (Wildman–Crippen LogP) is 1.83. The standard InChI is InChI=1S/C17H24N2O4/c1-13-6-7-15(23-13)17(21)19(11-14-5-4-10-22-14)12-16(20)18-8-2-3-9-18/h6-7,14H,2-5,8-12H2,1H3/t14-/m1/s1. The number of carbonyl (C=O) groups is 2. The first-order valence-electron chi connectivity index (χ1n) is 8.38. The maximum absolute atomic E-state index is 12.7. The first-order valence-corrected chi connectivity index (χ1v) is 8.38. The fourth-order valence-electron chi connectivity index (χ4n) is 3.19. The van der Waals surface area contributed by atoms with Crippen molar-refractivity contribution in [3.05, 3.63) is 23.7 Å². The number of amides is 2. The van der Waals surface area contributed by atoms with Crippen LogP contribution in [0.3, 0.4) is 0 Å². The zero-order valence-corrected chi connectivity index (χ0v) is 13.6. The average Bonchev–Trinajstić information content (AvgIpc) is 3.28. The van der Waals surface area contributed by atoms with Crippen LogP contribution in [0.5, 0.6) is 0 Å². The molecular weight excluding hydrogens is 296 g/mol. The van der Waals surface area contributed by atoms with E-state index in [2.05, 4.69) is 0 Å². The summed E-state index contributed by atoms with van der Waals surface area (Å²) >= 11 is 0. The van der Waals surface area contributed by atoms with Crippen LogP contribution in [0.4, 0.5) is 0 Å². The molecule has 0 radical (unpaired) electrons. The Balaban J connectivity index is 1.69. The highest BCUT2D eigenvalue weighted by molar-refractivity contribution is 5.94. The molecule has 1 atom stereocenters. The molecule has 6 nitrogen and oxygen atoms in total. The van der Waals surface area contributed by atoms with E-state index in [0.29, 0.717) is 12.3 Å².